The van der Waals surface area contributed by atoms with Gasteiger partial charge in [0.2, 0.25) is 0 Å². The van der Waals surface area contributed by atoms with Crippen LogP contribution in [0.5, 0.6) is 0 Å². The number of rotatable bonds is 7. The van der Waals surface area contributed by atoms with Crippen LogP contribution in [0.4, 0.5) is 5.82 Å². The highest BCUT2D eigenvalue weighted by Crippen LogP contribution is 2.31. The summed E-state index contributed by atoms with van der Waals surface area (Å²) in [6.45, 7) is 9.27. The van der Waals surface area contributed by atoms with Crippen molar-refractivity contribution in [2.24, 2.45) is 5.73 Å². The monoisotopic (exact) mass is 444 g/mol. The first kappa shape index (κ1) is 22.7. The lowest BCUT2D eigenvalue weighted by molar-refractivity contribution is 0.285. The van der Waals surface area contributed by atoms with Crippen LogP contribution < -0.4 is 11.5 Å². The van der Waals surface area contributed by atoms with Crippen molar-refractivity contribution in [3.05, 3.63) is 66.1 Å². The van der Waals surface area contributed by atoms with E-state index in [0.717, 1.165) is 41.8 Å². The van der Waals surface area contributed by atoms with Crippen molar-refractivity contribution in [3.63, 3.8) is 0 Å². The normalized spacial score (nSPS) is 14.1. The fraction of sp³-hybridized carbons (Fsp3) is 0.346. The van der Waals surface area contributed by atoms with E-state index in [-0.39, 0.29) is 0 Å². The zero-order chi connectivity index (χ0) is 23.6. The lowest BCUT2D eigenvalue weighted by atomic mass is 9.93. The van der Waals surface area contributed by atoms with Crippen LogP contribution in [-0.4, -0.2) is 32.6 Å². The number of benzene rings is 1. The lowest BCUT2D eigenvalue weighted by Crippen LogP contribution is -2.31. The molecule has 0 bridgehead atoms. The molecular formula is C26H32N6O. The van der Waals surface area contributed by atoms with Crippen molar-refractivity contribution >= 4 is 11.4 Å². The Hall–Kier alpha value is -3.45. The molecule has 0 spiro atoms. The number of hydrogen-bond donors (Lipinski definition) is 2. The standard InChI is InChI=1S/C26H32N6O/c1-5-20(6-2)32-12-8-10-18(16-32)22-15-29-25(27)24(30-22)23-14-21(31-33-23)17-9-7-11-19(13-17)26(3,4)28/h7-11,13-16,20H,5-6,12,28H2,1-4H3,(H2,27,29). The van der Waals surface area contributed by atoms with E-state index in [2.05, 4.69) is 47.2 Å². The molecule has 0 unspecified atom stereocenters. The van der Waals surface area contributed by atoms with Gasteiger partial charge >= 0.3 is 0 Å². The van der Waals surface area contributed by atoms with Gasteiger partial charge in [-0.3, -0.25) is 0 Å². The van der Waals surface area contributed by atoms with Gasteiger partial charge in [-0.05, 0) is 38.3 Å². The molecule has 0 atom stereocenters. The number of nitrogens with two attached hydrogens (primary N) is 2. The highest BCUT2D eigenvalue weighted by Gasteiger charge is 2.20. The third kappa shape index (κ3) is 4.83. The van der Waals surface area contributed by atoms with Gasteiger partial charge in [0.05, 0.1) is 11.9 Å². The van der Waals surface area contributed by atoms with E-state index in [9.17, 15) is 0 Å². The second-order valence-corrected chi connectivity index (χ2v) is 9.02. The summed E-state index contributed by atoms with van der Waals surface area (Å²) in [6, 6.07) is 10.3. The summed E-state index contributed by atoms with van der Waals surface area (Å²) < 4.78 is 5.64. The van der Waals surface area contributed by atoms with Crippen molar-refractivity contribution < 1.29 is 4.52 Å². The Morgan fingerprint density at radius 1 is 1.15 bits per heavy atom. The third-order valence-electron chi connectivity index (χ3n) is 6.07. The second-order valence-electron chi connectivity index (χ2n) is 9.02. The maximum Gasteiger partial charge on any atom is 0.189 e. The molecule has 0 radical (unpaired) electrons. The smallest absolute Gasteiger partial charge is 0.189 e. The van der Waals surface area contributed by atoms with Gasteiger partial charge in [0, 0.05) is 41.5 Å². The van der Waals surface area contributed by atoms with Crippen molar-refractivity contribution in [1.29, 1.82) is 0 Å². The Labute approximate surface area is 195 Å². The molecule has 7 nitrogen and oxygen atoms in total. The van der Waals surface area contributed by atoms with Gasteiger partial charge in [-0.1, -0.05) is 49.4 Å². The van der Waals surface area contributed by atoms with Crippen LogP contribution >= 0.6 is 0 Å². The first-order chi connectivity index (χ1) is 15.8. The van der Waals surface area contributed by atoms with E-state index in [0.29, 0.717) is 29.0 Å². The number of aromatic nitrogens is 3. The number of allylic oxidation sites excluding steroid dienone is 2. The molecule has 0 saturated heterocycles. The molecule has 3 aromatic rings. The van der Waals surface area contributed by atoms with Crippen LogP contribution in [0.2, 0.25) is 0 Å². The highest BCUT2D eigenvalue weighted by atomic mass is 16.5. The van der Waals surface area contributed by atoms with Gasteiger partial charge in [-0.25, -0.2) is 9.97 Å². The summed E-state index contributed by atoms with van der Waals surface area (Å²) >= 11 is 0. The van der Waals surface area contributed by atoms with Gasteiger partial charge in [0.15, 0.2) is 17.3 Å². The maximum absolute atomic E-state index is 6.26. The minimum Gasteiger partial charge on any atom is -0.382 e. The molecule has 0 saturated carbocycles. The third-order valence-corrected chi connectivity index (χ3v) is 6.07. The molecule has 3 heterocycles. The average molecular weight is 445 g/mol. The average Bonchev–Trinajstić information content (AvgIpc) is 3.30. The summed E-state index contributed by atoms with van der Waals surface area (Å²) in [5.41, 5.74) is 16.8. The molecule has 7 heteroatoms. The molecule has 0 amide bonds. The summed E-state index contributed by atoms with van der Waals surface area (Å²) in [4.78, 5) is 11.5. The van der Waals surface area contributed by atoms with E-state index in [1.807, 2.05) is 44.2 Å². The Morgan fingerprint density at radius 3 is 2.67 bits per heavy atom. The fourth-order valence-corrected chi connectivity index (χ4v) is 4.06. The highest BCUT2D eigenvalue weighted by molar-refractivity contribution is 5.76. The van der Waals surface area contributed by atoms with Crippen molar-refractivity contribution in [1.82, 2.24) is 20.0 Å². The molecule has 4 rings (SSSR count). The molecule has 1 aliphatic rings. The van der Waals surface area contributed by atoms with Gasteiger partial charge in [-0.2, -0.15) is 0 Å². The molecule has 2 aromatic heterocycles. The topological polar surface area (TPSA) is 107 Å². The van der Waals surface area contributed by atoms with Crippen LogP contribution in [-0.2, 0) is 5.54 Å². The summed E-state index contributed by atoms with van der Waals surface area (Å²) in [7, 11) is 0. The SMILES string of the molecule is CCC(CC)N1C=C(c2cnc(N)c(-c3cc(-c4cccc(C(C)(C)N)c4)no3)n2)C=CC1. The van der Waals surface area contributed by atoms with Crippen LogP contribution in [0.1, 0.15) is 51.8 Å². The first-order valence-electron chi connectivity index (χ1n) is 11.4. The molecule has 1 aliphatic heterocycles. The zero-order valence-electron chi connectivity index (χ0n) is 19.7. The Morgan fingerprint density at radius 2 is 1.94 bits per heavy atom. The van der Waals surface area contributed by atoms with Gasteiger partial charge in [0.1, 0.15) is 5.69 Å². The minimum atomic E-state index is -0.448. The quantitative estimate of drug-likeness (QED) is 0.529. The summed E-state index contributed by atoms with van der Waals surface area (Å²) in [5.74, 6) is 0.780. The van der Waals surface area contributed by atoms with Crippen LogP contribution in [0.3, 0.4) is 0 Å². The molecule has 0 fully saturated rings. The molecule has 4 N–H and O–H groups in total. The van der Waals surface area contributed by atoms with Crippen LogP contribution in [0.15, 0.2) is 59.4 Å². The fourth-order valence-electron chi connectivity index (χ4n) is 4.06. The van der Waals surface area contributed by atoms with E-state index in [1.165, 1.54) is 0 Å². The number of nitrogen functional groups attached to an aromatic ring is 1. The number of anilines is 1. The predicted molar refractivity (Wildman–Crippen MR) is 133 cm³/mol. The minimum absolute atomic E-state index is 0.301. The second kappa shape index (κ2) is 9.19. The lowest BCUT2D eigenvalue weighted by Gasteiger charge is -2.30. The molecule has 1 aromatic carbocycles. The van der Waals surface area contributed by atoms with Crippen molar-refractivity contribution in [3.8, 4) is 22.7 Å². The van der Waals surface area contributed by atoms with Crippen LogP contribution in [0.25, 0.3) is 28.3 Å². The summed E-state index contributed by atoms with van der Waals surface area (Å²) in [6.07, 6.45) is 10.3. The Bertz CT molecular complexity index is 1180. The maximum atomic E-state index is 6.26. The number of nitrogens with zero attached hydrogens (tertiary/aromatic N) is 4. The van der Waals surface area contributed by atoms with Crippen molar-refractivity contribution in [2.75, 3.05) is 12.3 Å². The van der Waals surface area contributed by atoms with E-state index >= 15 is 0 Å². The number of hydrogen-bond acceptors (Lipinski definition) is 7. The van der Waals surface area contributed by atoms with Gasteiger partial charge < -0.3 is 20.9 Å². The molecule has 0 aliphatic carbocycles. The predicted octanol–water partition coefficient (Wildman–Crippen LogP) is 4.98. The zero-order valence-corrected chi connectivity index (χ0v) is 19.7. The Balaban J connectivity index is 1.66. The summed E-state index contributed by atoms with van der Waals surface area (Å²) in [5, 5.41) is 4.25. The van der Waals surface area contributed by atoms with Gasteiger partial charge in [0.25, 0.3) is 0 Å². The first-order valence-corrected chi connectivity index (χ1v) is 11.4. The molecular weight excluding hydrogens is 412 g/mol. The molecule has 172 valence electrons. The van der Waals surface area contributed by atoms with Crippen LogP contribution in [0, 0.1) is 0 Å². The van der Waals surface area contributed by atoms with E-state index in [4.69, 9.17) is 21.0 Å². The largest absolute Gasteiger partial charge is 0.382 e. The van der Waals surface area contributed by atoms with E-state index < -0.39 is 5.54 Å². The van der Waals surface area contributed by atoms with Gasteiger partial charge in [-0.15, -0.1) is 0 Å². The van der Waals surface area contributed by atoms with Crippen molar-refractivity contribution in [2.45, 2.75) is 52.1 Å². The Kier molecular flexibility index (Phi) is 6.33. The van der Waals surface area contributed by atoms with E-state index in [1.54, 1.807) is 6.20 Å². The molecule has 33 heavy (non-hydrogen) atoms.